The molecule has 1 fully saturated rings. The summed E-state index contributed by atoms with van der Waals surface area (Å²) in [7, 11) is 0. The van der Waals surface area contributed by atoms with E-state index < -0.39 is 0 Å². The lowest BCUT2D eigenvalue weighted by Crippen LogP contribution is -2.38. The van der Waals surface area contributed by atoms with E-state index in [1.807, 2.05) is 0 Å². The van der Waals surface area contributed by atoms with Crippen molar-refractivity contribution in [3.05, 3.63) is 28.2 Å². The van der Waals surface area contributed by atoms with Gasteiger partial charge in [-0.05, 0) is 50.1 Å². The van der Waals surface area contributed by atoms with Crippen LogP contribution in [0.15, 0.2) is 22.7 Å². The Hall–Kier alpha value is -0.540. The fourth-order valence-electron chi connectivity index (χ4n) is 2.03. The zero-order valence-electron chi connectivity index (χ0n) is 9.02. The monoisotopic (exact) mass is 268 g/mol. The van der Waals surface area contributed by atoms with Crippen molar-refractivity contribution >= 4 is 21.6 Å². The summed E-state index contributed by atoms with van der Waals surface area (Å²) in [6.07, 6.45) is 2.53. The highest BCUT2D eigenvalue weighted by molar-refractivity contribution is 9.10. The summed E-state index contributed by atoms with van der Waals surface area (Å²) in [5, 5.41) is 6.98. The van der Waals surface area contributed by atoms with Crippen LogP contribution in [0.25, 0.3) is 0 Å². The van der Waals surface area contributed by atoms with Gasteiger partial charge in [-0.1, -0.05) is 15.9 Å². The molecule has 0 radical (unpaired) electrons. The smallest absolute Gasteiger partial charge is 0.0386 e. The fourth-order valence-corrected chi connectivity index (χ4v) is 2.64. The van der Waals surface area contributed by atoms with E-state index in [1.165, 1.54) is 24.1 Å². The van der Waals surface area contributed by atoms with Crippen LogP contribution in [0.1, 0.15) is 18.4 Å². The van der Waals surface area contributed by atoms with E-state index in [9.17, 15) is 0 Å². The van der Waals surface area contributed by atoms with Crippen molar-refractivity contribution < 1.29 is 0 Å². The normalized spacial score (nSPS) is 21.3. The summed E-state index contributed by atoms with van der Waals surface area (Å²) < 4.78 is 1.15. The van der Waals surface area contributed by atoms with Gasteiger partial charge in [-0.2, -0.15) is 0 Å². The molecular formula is C12H17BrN2. The van der Waals surface area contributed by atoms with E-state index in [1.54, 1.807) is 0 Å². The van der Waals surface area contributed by atoms with Gasteiger partial charge in [0, 0.05) is 22.7 Å². The minimum absolute atomic E-state index is 0.576. The molecule has 1 heterocycles. The molecule has 3 heteroatoms. The number of nitrogens with one attached hydrogen (secondary N) is 2. The van der Waals surface area contributed by atoms with E-state index >= 15 is 0 Å². The Balaban J connectivity index is 2.02. The fraction of sp³-hybridized carbons (Fsp3) is 0.500. The van der Waals surface area contributed by atoms with Crippen LogP contribution in [0.5, 0.6) is 0 Å². The number of piperidine rings is 1. The summed E-state index contributed by atoms with van der Waals surface area (Å²) in [4.78, 5) is 0. The van der Waals surface area contributed by atoms with Gasteiger partial charge < -0.3 is 10.6 Å². The van der Waals surface area contributed by atoms with Crippen LogP contribution in [0, 0.1) is 6.92 Å². The molecule has 15 heavy (non-hydrogen) atoms. The van der Waals surface area contributed by atoms with E-state index in [0.717, 1.165) is 17.6 Å². The Bertz CT molecular complexity index is 312. The lowest BCUT2D eigenvalue weighted by Gasteiger charge is -2.25. The first-order valence-electron chi connectivity index (χ1n) is 5.48. The number of halogens is 1. The highest BCUT2D eigenvalue weighted by atomic mass is 79.9. The summed E-state index contributed by atoms with van der Waals surface area (Å²) in [6, 6.07) is 7.04. The highest BCUT2D eigenvalue weighted by Crippen LogP contribution is 2.20. The van der Waals surface area contributed by atoms with Gasteiger partial charge in [-0.3, -0.25) is 0 Å². The highest BCUT2D eigenvalue weighted by Gasteiger charge is 2.12. The molecule has 0 bridgehead atoms. The molecule has 0 spiro atoms. The standard InChI is InChI=1S/C12H17BrN2/c1-9-5-10(13)7-12(6-9)15-11-3-2-4-14-8-11/h5-7,11,14-15H,2-4,8H2,1H3. The van der Waals surface area contributed by atoms with Crippen molar-refractivity contribution in [2.45, 2.75) is 25.8 Å². The number of benzene rings is 1. The molecule has 0 aliphatic carbocycles. The van der Waals surface area contributed by atoms with Gasteiger partial charge >= 0.3 is 0 Å². The molecule has 0 saturated carbocycles. The molecule has 2 N–H and O–H groups in total. The SMILES string of the molecule is Cc1cc(Br)cc(NC2CCCNC2)c1. The minimum atomic E-state index is 0.576. The Morgan fingerprint density at radius 1 is 1.40 bits per heavy atom. The lowest BCUT2D eigenvalue weighted by molar-refractivity contribution is 0.480. The second-order valence-electron chi connectivity index (χ2n) is 4.20. The number of hydrogen-bond donors (Lipinski definition) is 2. The van der Waals surface area contributed by atoms with E-state index in [2.05, 4.69) is 51.7 Å². The average molecular weight is 269 g/mol. The third-order valence-corrected chi connectivity index (χ3v) is 3.17. The maximum Gasteiger partial charge on any atom is 0.0386 e. The topological polar surface area (TPSA) is 24.1 Å². The van der Waals surface area contributed by atoms with Crippen LogP contribution < -0.4 is 10.6 Å². The summed E-state index contributed by atoms with van der Waals surface area (Å²) in [6.45, 7) is 4.36. The van der Waals surface area contributed by atoms with Crippen molar-refractivity contribution in [3.8, 4) is 0 Å². The quantitative estimate of drug-likeness (QED) is 0.862. The van der Waals surface area contributed by atoms with E-state index in [4.69, 9.17) is 0 Å². The number of hydrogen-bond acceptors (Lipinski definition) is 2. The van der Waals surface area contributed by atoms with Gasteiger partial charge in [0.15, 0.2) is 0 Å². The van der Waals surface area contributed by atoms with Crippen molar-refractivity contribution in [2.24, 2.45) is 0 Å². The summed E-state index contributed by atoms with van der Waals surface area (Å²) in [5.41, 5.74) is 2.51. The second-order valence-corrected chi connectivity index (χ2v) is 5.12. The molecule has 82 valence electrons. The number of anilines is 1. The first-order chi connectivity index (χ1) is 7.24. The van der Waals surface area contributed by atoms with Crippen LogP contribution >= 0.6 is 15.9 Å². The van der Waals surface area contributed by atoms with Crippen molar-refractivity contribution in [3.63, 3.8) is 0 Å². The first kappa shape index (κ1) is 11.0. The van der Waals surface area contributed by atoms with Gasteiger partial charge in [-0.25, -0.2) is 0 Å². The molecule has 1 unspecified atom stereocenters. The third-order valence-electron chi connectivity index (χ3n) is 2.71. The minimum Gasteiger partial charge on any atom is -0.381 e. The van der Waals surface area contributed by atoms with Crippen LogP contribution in [0.4, 0.5) is 5.69 Å². The van der Waals surface area contributed by atoms with Crippen molar-refractivity contribution in [2.75, 3.05) is 18.4 Å². The largest absolute Gasteiger partial charge is 0.381 e. The van der Waals surface area contributed by atoms with Crippen LogP contribution in [0.3, 0.4) is 0 Å². The lowest BCUT2D eigenvalue weighted by atomic mass is 10.1. The maximum absolute atomic E-state index is 3.57. The molecule has 1 saturated heterocycles. The van der Waals surface area contributed by atoms with E-state index in [-0.39, 0.29) is 0 Å². The Morgan fingerprint density at radius 3 is 2.93 bits per heavy atom. The molecule has 1 aromatic rings. The molecule has 1 aliphatic heterocycles. The predicted octanol–water partition coefficient (Wildman–Crippen LogP) is 2.92. The first-order valence-corrected chi connectivity index (χ1v) is 6.28. The molecular weight excluding hydrogens is 252 g/mol. The molecule has 0 amide bonds. The Labute approximate surface area is 99.6 Å². The maximum atomic E-state index is 3.57. The van der Waals surface area contributed by atoms with Crippen LogP contribution in [-0.2, 0) is 0 Å². The van der Waals surface area contributed by atoms with Crippen molar-refractivity contribution in [1.82, 2.24) is 5.32 Å². The third kappa shape index (κ3) is 3.21. The van der Waals surface area contributed by atoms with Gasteiger partial charge in [0.2, 0.25) is 0 Å². The number of aryl methyl sites for hydroxylation is 1. The van der Waals surface area contributed by atoms with Gasteiger partial charge in [0.25, 0.3) is 0 Å². The second kappa shape index (κ2) is 4.99. The molecule has 2 rings (SSSR count). The predicted molar refractivity (Wildman–Crippen MR) is 68.4 cm³/mol. The summed E-state index contributed by atoms with van der Waals surface area (Å²) >= 11 is 3.52. The average Bonchev–Trinajstić information content (AvgIpc) is 2.17. The van der Waals surface area contributed by atoms with Gasteiger partial charge in [-0.15, -0.1) is 0 Å². The number of rotatable bonds is 2. The Morgan fingerprint density at radius 2 is 2.27 bits per heavy atom. The molecule has 1 atom stereocenters. The van der Waals surface area contributed by atoms with Gasteiger partial charge in [0.05, 0.1) is 0 Å². The molecule has 1 aliphatic rings. The zero-order valence-corrected chi connectivity index (χ0v) is 10.6. The van der Waals surface area contributed by atoms with Crippen molar-refractivity contribution in [1.29, 1.82) is 0 Å². The van der Waals surface area contributed by atoms with E-state index in [0.29, 0.717) is 6.04 Å². The Kier molecular flexibility index (Phi) is 3.65. The summed E-state index contributed by atoms with van der Waals surface area (Å²) in [5.74, 6) is 0. The zero-order chi connectivity index (χ0) is 10.7. The molecule has 2 nitrogen and oxygen atoms in total. The molecule has 0 aromatic heterocycles. The van der Waals surface area contributed by atoms with Crippen LogP contribution in [-0.4, -0.2) is 19.1 Å². The van der Waals surface area contributed by atoms with Crippen LogP contribution in [0.2, 0.25) is 0 Å². The van der Waals surface area contributed by atoms with Gasteiger partial charge in [0.1, 0.15) is 0 Å². The molecule has 1 aromatic carbocycles.